The molecule has 0 fully saturated rings. The van der Waals surface area contributed by atoms with Gasteiger partial charge >= 0.3 is 0 Å². The Morgan fingerprint density at radius 3 is 2.88 bits per heavy atom. The van der Waals surface area contributed by atoms with Crippen LogP contribution in [0.5, 0.6) is 0 Å². The van der Waals surface area contributed by atoms with Crippen molar-refractivity contribution in [3.8, 4) is 6.07 Å². The van der Waals surface area contributed by atoms with Crippen LogP contribution in [0.2, 0.25) is 0 Å². The number of amides is 2. The molecule has 1 N–H and O–H groups in total. The molecule has 0 atom stereocenters. The number of anilines is 1. The van der Waals surface area contributed by atoms with Crippen molar-refractivity contribution in [3.63, 3.8) is 0 Å². The molecule has 2 amide bonds. The number of thiophene rings is 1. The third-order valence-corrected chi connectivity index (χ3v) is 4.61. The third-order valence-electron chi connectivity index (χ3n) is 3.54. The van der Waals surface area contributed by atoms with E-state index in [-0.39, 0.29) is 5.91 Å². The van der Waals surface area contributed by atoms with Crippen LogP contribution in [0.1, 0.15) is 39.7 Å². The molecule has 24 heavy (non-hydrogen) atoms. The topological polar surface area (TPSA) is 73.2 Å². The molecule has 124 valence electrons. The quantitative estimate of drug-likeness (QED) is 0.786. The Balaban J connectivity index is 2.28. The number of rotatable bonds is 7. The SMILES string of the molecule is CCCN(C)C(=O)c1cc(Cc2cccc(C#N)c2)sc1NC=O. The van der Waals surface area contributed by atoms with Crippen LogP contribution in [0.15, 0.2) is 30.3 Å². The van der Waals surface area contributed by atoms with Crippen LogP contribution in [0.25, 0.3) is 0 Å². The minimum Gasteiger partial charge on any atom is -0.342 e. The van der Waals surface area contributed by atoms with Crippen LogP contribution >= 0.6 is 11.3 Å². The summed E-state index contributed by atoms with van der Waals surface area (Å²) in [5.74, 6) is -0.102. The summed E-state index contributed by atoms with van der Waals surface area (Å²) in [4.78, 5) is 26.0. The lowest BCUT2D eigenvalue weighted by molar-refractivity contribution is -0.105. The van der Waals surface area contributed by atoms with Crippen LogP contribution in [-0.2, 0) is 11.2 Å². The molecule has 1 aromatic carbocycles. The number of nitrogens with zero attached hydrogens (tertiary/aromatic N) is 2. The fourth-order valence-electron chi connectivity index (χ4n) is 2.44. The molecule has 0 spiro atoms. The molecule has 0 bridgehead atoms. The first-order valence-electron chi connectivity index (χ1n) is 7.66. The molecule has 0 aliphatic heterocycles. The number of benzene rings is 1. The highest BCUT2D eigenvalue weighted by molar-refractivity contribution is 7.16. The molecule has 0 aliphatic carbocycles. The molecule has 0 radical (unpaired) electrons. The summed E-state index contributed by atoms with van der Waals surface area (Å²) in [7, 11) is 1.75. The molecular weight excluding hydrogens is 322 g/mol. The number of carbonyl (C=O) groups is 2. The summed E-state index contributed by atoms with van der Waals surface area (Å²) < 4.78 is 0. The van der Waals surface area contributed by atoms with E-state index in [2.05, 4.69) is 11.4 Å². The maximum atomic E-state index is 12.5. The fourth-order valence-corrected chi connectivity index (χ4v) is 3.48. The van der Waals surface area contributed by atoms with E-state index in [0.29, 0.717) is 35.5 Å². The predicted octanol–water partition coefficient (Wildman–Crippen LogP) is 3.26. The summed E-state index contributed by atoms with van der Waals surface area (Å²) in [6.07, 6.45) is 2.07. The van der Waals surface area contributed by atoms with E-state index >= 15 is 0 Å². The van der Waals surface area contributed by atoms with Crippen molar-refractivity contribution in [2.24, 2.45) is 0 Å². The molecule has 0 unspecified atom stereocenters. The van der Waals surface area contributed by atoms with E-state index in [1.165, 1.54) is 11.3 Å². The van der Waals surface area contributed by atoms with Crippen LogP contribution in [0, 0.1) is 11.3 Å². The van der Waals surface area contributed by atoms with Crippen molar-refractivity contribution in [2.75, 3.05) is 18.9 Å². The first-order valence-corrected chi connectivity index (χ1v) is 8.48. The lowest BCUT2D eigenvalue weighted by Gasteiger charge is -2.15. The summed E-state index contributed by atoms with van der Waals surface area (Å²) in [5.41, 5.74) is 2.11. The monoisotopic (exact) mass is 341 g/mol. The van der Waals surface area contributed by atoms with Gasteiger partial charge in [0, 0.05) is 24.9 Å². The lowest BCUT2D eigenvalue weighted by atomic mass is 10.1. The van der Waals surface area contributed by atoms with Gasteiger partial charge in [-0.2, -0.15) is 5.26 Å². The average Bonchev–Trinajstić information content (AvgIpc) is 2.97. The Morgan fingerprint density at radius 1 is 1.42 bits per heavy atom. The molecule has 2 rings (SSSR count). The molecule has 6 heteroatoms. The van der Waals surface area contributed by atoms with Crippen molar-refractivity contribution in [3.05, 3.63) is 51.9 Å². The summed E-state index contributed by atoms with van der Waals surface area (Å²) in [5, 5.41) is 12.2. The van der Waals surface area contributed by atoms with Crippen LogP contribution in [0.3, 0.4) is 0 Å². The van der Waals surface area contributed by atoms with E-state index in [9.17, 15) is 9.59 Å². The predicted molar refractivity (Wildman–Crippen MR) is 95.2 cm³/mol. The van der Waals surface area contributed by atoms with E-state index in [1.807, 2.05) is 31.2 Å². The van der Waals surface area contributed by atoms with Crippen molar-refractivity contribution in [1.82, 2.24) is 4.90 Å². The highest BCUT2D eigenvalue weighted by Crippen LogP contribution is 2.30. The maximum Gasteiger partial charge on any atom is 0.256 e. The van der Waals surface area contributed by atoms with Crippen LogP contribution in [0.4, 0.5) is 5.00 Å². The van der Waals surface area contributed by atoms with Crippen molar-refractivity contribution in [2.45, 2.75) is 19.8 Å². The Labute approximate surface area is 145 Å². The lowest BCUT2D eigenvalue weighted by Crippen LogP contribution is -2.27. The van der Waals surface area contributed by atoms with Gasteiger partial charge < -0.3 is 10.2 Å². The number of hydrogen-bond donors (Lipinski definition) is 1. The van der Waals surface area contributed by atoms with Crippen molar-refractivity contribution in [1.29, 1.82) is 5.26 Å². The Morgan fingerprint density at radius 2 is 2.21 bits per heavy atom. The van der Waals surface area contributed by atoms with E-state index in [4.69, 9.17) is 5.26 Å². The smallest absolute Gasteiger partial charge is 0.256 e. The second-order valence-corrected chi connectivity index (χ2v) is 6.57. The zero-order valence-electron chi connectivity index (χ0n) is 13.7. The molecule has 1 aromatic heterocycles. The molecule has 2 aromatic rings. The number of carbonyl (C=O) groups excluding carboxylic acids is 2. The van der Waals surface area contributed by atoms with Gasteiger partial charge in [-0.1, -0.05) is 19.1 Å². The largest absolute Gasteiger partial charge is 0.342 e. The zero-order valence-corrected chi connectivity index (χ0v) is 14.5. The second kappa shape index (κ2) is 8.27. The van der Waals surface area contributed by atoms with E-state index < -0.39 is 0 Å². The highest BCUT2D eigenvalue weighted by atomic mass is 32.1. The van der Waals surface area contributed by atoms with E-state index in [1.54, 1.807) is 18.0 Å². The highest BCUT2D eigenvalue weighted by Gasteiger charge is 2.19. The molecule has 0 saturated carbocycles. The molecule has 5 nitrogen and oxygen atoms in total. The number of nitriles is 1. The standard InChI is InChI=1S/C18H19N3O2S/c1-3-7-21(2)18(23)16-10-15(24-17(16)20-12-22)9-13-5-4-6-14(8-13)11-19/h4-6,8,10,12H,3,7,9H2,1-2H3,(H,20,22). The van der Waals surface area contributed by atoms with Gasteiger partial charge in [0.1, 0.15) is 5.00 Å². The first-order chi connectivity index (χ1) is 11.6. The Bertz CT molecular complexity index is 777. The Kier molecular flexibility index (Phi) is 6.10. The average molecular weight is 341 g/mol. The Hall–Kier alpha value is -2.65. The summed E-state index contributed by atoms with van der Waals surface area (Å²) in [6, 6.07) is 11.3. The van der Waals surface area contributed by atoms with E-state index in [0.717, 1.165) is 16.9 Å². The van der Waals surface area contributed by atoms with Crippen molar-refractivity contribution < 1.29 is 9.59 Å². The van der Waals surface area contributed by atoms with Gasteiger partial charge in [0.05, 0.1) is 17.2 Å². The molecule has 0 saturated heterocycles. The van der Waals surface area contributed by atoms with Crippen LogP contribution in [-0.4, -0.2) is 30.8 Å². The number of nitrogens with one attached hydrogen (secondary N) is 1. The fraction of sp³-hybridized carbons (Fsp3) is 0.278. The van der Waals surface area contributed by atoms with Gasteiger partial charge in [0.25, 0.3) is 5.91 Å². The van der Waals surface area contributed by atoms with Gasteiger partial charge in [-0.05, 0) is 30.2 Å². The third kappa shape index (κ3) is 4.21. The van der Waals surface area contributed by atoms with Gasteiger partial charge in [-0.15, -0.1) is 11.3 Å². The molecule has 0 aliphatic rings. The number of hydrogen-bond acceptors (Lipinski definition) is 4. The van der Waals surface area contributed by atoms with Gasteiger partial charge in [-0.25, -0.2) is 0 Å². The van der Waals surface area contributed by atoms with Crippen molar-refractivity contribution >= 4 is 28.7 Å². The molecule has 1 heterocycles. The summed E-state index contributed by atoms with van der Waals surface area (Å²) >= 11 is 1.38. The van der Waals surface area contributed by atoms with Gasteiger partial charge in [0.2, 0.25) is 6.41 Å². The normalized spacial score (nSPS) is 10.0. The minimum atomic E-state index is -0.102. The minimum absolute atomic E-state index is 0.102. The maximum absolute atomic E-state index is 12.5. The van der Waals surface area contributed by atoms with Crippen LogP contribution < -0.4 is 5.32 Å². The summed E-state index contributed by atoms with van der Waals surface area (Å²) in [6.45, 7) is 2.67. The zero-order chi connectivity index (χ0) is 17.5. The van der Waals surface area contributed by atoms with Gasteiger partial charge in [-0.3, -0.25) is 9.59 Å². The first kappa shape index (κ1) is 17.7. The second-order valence-electron chi connectivity index (χ2n) is 5.43. The van der Waals surface area contributed by atoms with Gasteiger partial charge in [0.15, 0.2) is 0 Å². The molecular formula is C18H19N3O2S.